The molecule has 0 bridgehead atoms. The molecule has 1 saturated heterocycles. The molecule has 0 amide bonds. The van der Waals surface area contributed by atoms with E-state index in [1.54, 1.807) is 12.1 Å². The molecule has 0 saturated carbocycles. The van der Waals surface area contributed by atoms with E-state index in [-0.39, 0.29) is 24.2 Å². The molecule has 1 heterocycles. The fourth-order valence-corrected chi connectivity index (χ4v) is 2.73. The number of nitrogens with one attached hydrogen (secondary N) is 1. The highest BCUT2D eigenvalue weighted by atomic mass is 35.5. The smallest absolute Gasteiger partial charge is 0.406 e. The second kappa shape index (κ2) is 8.04. The van der Waals surface area contributed by atoms with Gasteiger partial charge in [-0.15, -0.1) is 25.6 Å². The molecule has 22 heavy (non-hydrogen) atoms. The molecule has 1 fully saturated rings. The van der Waals surface area contributed by atoms with Crippen LogP contribution in [0.3, 0.4) is 0 Å². The van der Waals surface area contributed by atoms with Crippen molar-refractivity contribution in [3.05, 3.63) is 29.8 Å². The molecular weight excluding hydrogens is 317 g/mol. The van der Waals surface area contributed by atoms with Crippen molar-refractivity contribution in [3.63, 3.8) is 0 Å². The van der Waals surface area contributed by atoms with E-state index in [1.165, 1.54) is 12.1 Å². The number of halogens is 4. The zero-order valence-corrected chi connectivity index (χ0v) is 13.5. The van der Waals surface area contributed by atoms with Crippen LogP contribution in [-0.2, 0) is 0 Å². The Morgan fingerprint density at radius 2 is 1.73 bits per heavy atom. The van der Waals surface area contributed by atoms with E-state index in [2.05, 4.69) is 21.9 Å². The number of piperidine rings is 1. The summed E-state index contributed by atoms with van der Waals surface area (Å²) in [5, 5.41) is 3.28. The summed E-state index contributed by atoms with van der Waals surface area (Å²) in [6.45, 7) is 4.07. The molecule has 1 aromatic rings. The molecule has 7 heteroatoms. The van der Waals surface area contributed by atoms with Crippen LogP contribution in [0.25, 0.3) is 0 Å². The van der Waals surface area contributed by atoms with Gasteiger partial charge in [-0.1, -0.05) is 12.1 Å². The maximum absolute atomic E-state index is 12.1. The van der Waals surface area contributed by atoms with Crippen LogP contribution in [0, 0.1) is 0 Å². The van der Waals surface area contributed by atoms with Gasteiger partial charge in [0.1, 0.15) is 5.75 Å². The van der Waals surface area contributed by atoms with Crippen molar-refractivity contribution in [2.75, 3.05) is 20.1 Å². The fourth-order valence-electron chi connectivity index (χ4n) is 2.73. The van der Waals surface area contributed by atoms with Crippen molar-refractivity contribution < 1.29 is 17.9 Å². The van der Waals surface area contributed by atoms with E-state index in [0.717, 1.165) is 31.5 Å². The topological polar surface area (TPSA) is 24.5 Å². The zero-order chi connectivity index (χ0) is 15.5. The van der Waals surface area contributed by atoms with Crippen LogP contribution in [-0.4, -0.2) is 37.4 Å². The monoisotopic (exact) mass is 338 g/mol. The lowest BCUT2D eigenvalue weighted by atomic mass is 10.0. The van der Waals surface area contributed by atoms with Gasteiger partial charge >= 0.3 is 6.36 Å². The van der Waals surface area contributed by atoms with Gasteiger partial charge in [0.25, 0.3) is 0 Å². The van der Waals surface area contributed by atoms with Crippen LogP contribution in [0.15, 0.2) is 24.3 Å². The maximum Gasteiger partial charge on any atom is 0.573 e. The van der Waals surface area contributed by atoms with Gasteiger partial charge < -0.3 is 10.1 Å². The lowest BCUT2D eigenvalue weighted by Crippen LogP contribution is -2.42. The van der Waals surface area contributed by atoms with Crippen LogP contribution in [0.1, 0.15) is 31.4 Å². The highest BCUT2D eigenvalue weighted by Crippen LogP contribution is 2.28. The number of benzene rings is 1. The molecule has 1 aliphatic rings. The van der Waals surface area contributed by atoms with E-state index in [1.807, 2.05) is 7.05 Å². The molecule has 1 unspecified atom stereocenters. The lowest BCUT2D eigenvalue weighted by molar-refractivity contribution is -0.274. The molecule has 3 nitrogen and oxygen atoms in total. The van der Waals surface area contributed by atoms with E-state index in [0.29, 0.717) is 6.04 Å². The van der Waals surface area contributed by atoms with E-state index >= 15 is 0 Å². The van der Waals surface area contributed by atoms with Gasteiger partial charge in [0, 0.05) is 25.2 Å². The number of ether oxygens (including phenoxy) is 1. The fraction of sp³-hybridized carbons (Fsp3) is 0.600. The second-order valence-corrected chi connectivity index (χ2v) is 5.39. The molecule has 0 aliphatic carbocycles. The predicted octanol–water partition coefficient (Wildman–Crippen LogP) is 3.75. The van der Waals surface area contributed by atoms with Gasteiger partial charge in [-0.25, -0.2) is 0 Å². The Hall–Kier alpha value is -0.980. The number of nitrogens with zero attached hydrogens (tertiary/aromatic N) is 1. The van der Waals surface area contributed by atoms with Crippen LogP contribution in [0.2, 0.25) is 0 Å². The Labute approximate surface area is 135 Å². The number of alkyl halides is 3. The predicted molar refractivity (Wildman–Crippen MR) is 82.4 cm³/mol. The van der Waals surface area contributed by atoms with Gasteiger partial charge in [-0.2, -0.15) is 0 Å². The number of hydrogen-bond acceptors (Lipinski definition) is 3. The third-order valence-electron chi connectivity index (χ3n) is 4.08. The minimum absolute atomic E-state index is 0. The third-order valence-corrected chi connectivity index (χ3v) is 4.08. The Bertz CT molecular complexity index is 445. The van der Waals surface area contributed by atoms with Gasteiger partial charge in [0.15, 0.2) is 0 Å². The minimum Gasteiger partial charge on any atom is -0.406 e. The van der Waals surface area contributed by atoms with Crippen LogP contribution in [0.5, 0.6) is 5.75 Å². The van der Waals surface area contributed by atoms with E-state index in [4.69, 9.17) is 0 Å². The summed E-state index contributed by atoms with van der Waals surface area (Å²) < 4.78 is 40.3. The first-order valence-electron chi connectivity index (χ1n) is 7.16. The molecule has 2 rings (SSSR count). The quantitative estimate of drug-likeness (QED) is 0.905. The zero-order valence-electron chi connectivity index (χ0n) is 12.7. The average molecular weight is 339 g/mol. The summed E-state index contributed by atoms with van der Waals surface area (Å²) in [6.07, 6.45) is -2.45. The Morgan fingerprint density at radius 3 is 2.18 bits per heavy atom. The molecule has 0 spiro atoms. The summed E-state index contributed by atoms with van der Waals surface area (Å²) in [7, 11) is 1.98. The molecule has 126 valence electrons. The molecule has 1 aromatic carbocycles. The van der Waals surface area contributed by atoms with Crippen molar-refractivity contribution in [2.45, 2.75) is 38.2 Å². The first kappa shape index (κ1) is 19.1. The van der Waals surface area contributed by atoms with E-state index in [9.17, 15) is 13.2 Å². The lowest BCUT2D eigenvalue weighted by Gasteiger charge is -2.36. The average Bonchev–Trinajstić information content (AvgIpc) is 2.46. The van der Waals surface area contributed by atoms with Gasteiger partial charge in [-0.05, 0) is 44.5 Å². The molecule has 0 radical (unpaired) electrons. The van der Waals surface area contributed by atoms with Crippen LogP contribution < -0.4 is 10.1 Å². The van der Waals surface area contributed by atoms with Crippen molar-refractivity contribution >= 4 is 12.4 Å². The summed E-state index contributed by atoms with van der Waals surface area (Å²) in [4.78, 5) is 2.35. The van der Waals surface area contributed by atoms with Gasteiger partial charge in [0.2, 0.25) is 0 Å². The molecule has 0 aromatic heterocycles. The molecule has 1 atom stereocenters. The normalized spacial score (nSPS) is 18.6. The minimum atomic E-state index is -4.64. The summed E-state index contributed by atoms with van der Waals surface area (Å²) in [5.74, 6) is -0.174. The van der Waals surface area contributed by atoms with Crippen molar-refractivity contribution in [1.82, 2.24) is 10.2 Å². The Balaban J connectivity index is 0.00000242. The van der Waals surface area contributed by atoms with Gasteiger partial charge in [0.05, 0.1) is 0 Å². The molecule has 1 N–H and O–H groups in total. The van der Waals surface area contributed by atoms with E-state index < -0.39 is 6.36 Å². The van der Waals surface area contributed by atoms with Crippen molar-refractivity contribution in [2.24, 2.45) is 0 Å². The second-order valence-electron chi connectivity index (χ2n) is 5.39. The maximum atomic E-state index is 12.1. The molecular formula is C15H22ClF3N2O. The highest BCUT2D eigenvalue weighted by molar-refractivity contribution is 5.85. The van der Waals surface area contributed by atoms with Crippen molar-refractivity contribution in [3.8, 4) is 5.75 Å². The first-order chi connectivity index (χ1) is 9.89. The first-order valence-corrected chi connectivity index (χ1v) is 7.16. The van der Waals surface area contributed by atoms with Crippen LogP contribution >= 0.6 is 12.4 Å². The summed E-state index contributed by atoms with van der Waals surface area (Å²) >= 11 is 0. The number of hydrogen-bond donors (Lipinski definition) is 1. The van der Waals surface area contributed by atoms with Crippen molar-refractivity contribution in [1.29, 1.82) is 0 Å². The highest BCUT2D eigenvalue weighted by Gasteiger charge is 2.31. The van der Waals surface area contributed by atoms with Gasteiger partial charge in [-0.3, -0.25) is 4.90 Å². The largest absolute Gasteiger partial charge is 0.573 e. The summed E-state index contributed by atoms with van der Waals surface area (Å²) in [5.41, 5.74) is 1.01. The Kier molecular flexibility index (Phi) is 6.97. The molecule has 1 aliphatic heterocycles. The van der Waals surface area contributed by atoms with Crippen LogP contribution in [0.4, 0.5) is 13.2 Å². The SMILES string of the molecule is CNC1CCN(C(C)c2ccc(OC(F)(F)F)cc2)CC1.Cl. The standard InChI is InChI=1S/C15H21F3N2O.ClH/c1-11(20-9-7-13(19-2)8-10-20)12-3-5-14(6-4-12)21-15(16,17)18;/h3-6,11,13,19H,7-10H2,1-2H3;1H. The number of rotatable bonds is 4. The number of likely N-dealkylation sites (tertiary alicyclic amines) is 1. The Morgan fingerprint density at radius 1 is 1.18 bits per heavy atom. The summed E-state index contributed by atoms with van der Waals surface area (Å²) in [6, 6.07) is 6.92. The third kappa shape index (κ3) is 5.34.